The SMILES string of the molecule is O=C1CCCCN1CC1CCC2(CN(C(=O)C3CCOC3)C2)OC1. The second kappa shape index (κ2) is 6.64. The van der Waals surface area contributed by atoms with Crippen molar-refractivity contribution in [3.63, 3.8) is 0 Å². The van der Waals surface area contributed by atoms with E-state index in [0.29, 0.717) is 31.5 Å². The van der Waals surface area contributed by atoms with E-state index in [2.05, 4.69) is 0 Å². The zero-order valence-corrected chi connectivity index (χ0v) is 14.4. The first kappa shape index (κ1) is 16.3. The molecule has 2 atom stereocenters. The molecule has 2 unspecified atom stereocenters. The fourth-order valence-corrected chi connectivity index (χ4v) is 4.47. The number of hydrogen-bond acceptors (Lipinski definition) is 4. The van der Waals surface area contributed by atoms with Gasteiger partial charge in [-0.25, -0.2) is 0 Å². The number of ether oxygens (including phenoxy) is 2. The molecule has 0 aliphatic carbocycles. The molecule has 0 saturated carbocycles. The lowest BCUT2D eigenvalue weighted by atomic mass is 9.82. The highest BCUT2D eigenvalue weighted by Gasteiger charge is 2.49. The Hall–Kier alpha value is -1.14. The van der Waals surface area contributed by atoms with Crippen molar-refractivity contribution in [2.24, 2.45) is 11.8 Å². The lowest BCUT2D eigenvalue weighted by Gasteiger charge is -2.53. The average Bonchev–Trinajstić information content (AvgIpc) is 3.10. The normalized spacial score (nSPS) is 32.9. The summed E-state index contributed by atoms with van der Waals surface area (Å²) in [7, 11) is 0. The van der Waals surface area contributed by atoms with E-state index in [0.717, 1.165) is 64.9 Å². The van der Waals surface area contributed by atoms with E-state index in [-0.39, 0.29) is 17.4 Å². The maximum absolute atomic E-state index is 12.4. The highest BCUT2D eigenvalue weighted by Crippen LogP contribution is 2.37. The van der Waals surface area contributed by atoms with E-state index >= 15 is 0 Å². The van der Waals surface area contributed by atoms with Gasteiger partial charge in [-0.3, -0.25) is 9.59 Å². The molecule has 0 bridgehead atoms. The molecule has 4 rings (SSSR count). The van der Waals surface area contributed by atoms with Crippen LogP contribution >= 0.6 is 0 Å². The highest BCUT2D eigenvalue weighted by molar-refractivity contribution is 5.80. The van der Waals surface area contributed by atoms with Gasteiger partial charge in [0.25, 0.3) is 0 Å². The van der Waals surface area contributed by atoms with Crippen LogP contribution in [0.5, 0.6) is 0 Å². The number of likely N-dealkylation sites (tertiary alicyclic amines) is 2. The fourth-order valence-electron chi connectivity index (χ4n) is 4.47. The Morgan fingerprint density at radius 2 is 2.08 bits per heavy atom. The molecule has 4 aliphatic heterocycles. The average molecular weight is 336 g/mol. The first-order valence-corrected chi connectivity index (χ1v) is 9.43. The van der Waals surface area contributed by atoms with Crippen molar-refractivity contribution in [2.45, 2.75) is 44.1 Å². The summed E-state index contributed by atoms with van der Waals surface area (Å²) in [6.07, 6.45) is 5.83. The Bertz CT molecular complexity index is 487. The lowest BCUT2D eigenvalue weighted by molar-refractivity contribution is -0.192. The molecule has 134 valence electrons. The van der Waals surface area contributed by atoms with E-state index < -0.39 is 0 Å². The molecule has 0 radical (unpaired) electrons. The number of hydrogen-bond donors (Lipinski definition) is 0. The molecule has 0 aromatic rings. The minimum absolute atomic E-state index is 0.0591. The zero-order chi connectivity index (χ0) is 16.6. The van der Waals surface area contributed by atoms with E-state index in [1.165, 1.54) is 0 Å². The van der Waals surface area contributed by atoms with Gasteiger partial charge in [0.15, 0.2) is 0 Å². The maximum Gasteiger partial charge on any atom is 0.228 e. The molecule has 24 heavy (non-hydrogen) atoms. The molecule has 1 spiro atoms. The third-order valence-electron chi connectivity index (χ3n) is 6.08. The summed E-state index contributed by atoms with van der Waals surface area (Å²) in [5.41, 5.74) is -0.114. The van der Waals surface area contributed by atoms with Crippen molar-refractivity contribution in [2.75, 3.05) is 46.0 Å². The number of nitrogens with zero attached hydrogens (tertiary/aromatic N) is 2. The molecule has 4 heterocycles. The third kappa shape index (κ3) is 3.18. The Morgan fingerprint density at radius 3 is 2.75 bits per heavy atom. The smallest absolute Gasteiger partial charge is 0.228 e. The van der Waals surface area contributed by atoms with Crippen molar-refractivity contribution >= 4 is 11.8 Å². The van der Waals surface area contributed by atoms with Crippen LogP contribution in [0.1, 0.15) is 38.5 Å². The lowest BCUT2D eigenvalue weighted by Crippen LogP contribution is -2.67. The van der Waals surface area contributed by atoms with Crippen LogP contribution in [-0.4, -0.2) is 73.2 Å². The Kier molecular flexibility index (Phi) is 4.52. The molecular formula is C18H28N2O4. The second-order valence-electron chi connectivity index (χ2n) is 7.95. The van der Waals surface area contributed by atoms with Gasteiger partial charge in [0.05, 0.1) is 32.2 Å². The predicted octanol–water partition coefficient (Wildman–Crippen LogP) is 1.04. The van der Waals surface area contributed by atoms with Crippen molar-refractivity contribution < 1.29 is 19.1 Å². The Morgan fingerprint density at radius 1 is 1.21 bits per heavy atom. The number of piperidine rings is 1. The summed E-state index contributed by atoms with van der Waals surface area (Å²) in [4.78, 5) is 28.3. The van der Waals surface area contributed by atoms with Crippen LogP contribution in [0, 0.1) is 11.8 Å². The molecule has 6 heteroatoms. The molecule has 0 N–H and O–H groups in total. The predicted molar refractivity (Wildman–Crippen MR) is 87.3 cm³/mol. The van der Waals surface area contributed by atoms with Gasteiger partial charge in [0, 0.05) is 32.0 Å². The Labute approximate surface area is 143 Å². The minimum Gasteiger partial charge on any atom is -0.381 e. The van der Waals surface area contributed by atoms with Crippen molar-refractivity contribution in [1.29, 1.82) is 0 Å². The quantitative estimate of drug-likeness (QED) is 0.773. The van der Waals surface area contributed by atoms with E-state index in [4.69, 9.17) is 9.47 Å². The standard InChI is InChI=1S/C18H28N2O4/c21-16-3-1-2-7-19(16)9-14-4-6-18(24-10-14)12-20(13-18)17(22)15-5-8-23-11-15/h14-15H,1-13H2. The van der Waals surface area contributed by atoms with Gasteiger partial charge in [-0.05, 0) is 32.1 Å². The number of carbonyl (C=O) groups excluding carboxylic acids is 2. The van der Waals surface area contributed by atoms with Crippen LogP contribution in [0.4, 0.5) is 0 Å². The van der Waals surface area contributed by atoms with Crippen LogP contribution < -0.4 is 0 Å². The van der Waals surface area contributed by atoms with Gasteiger partial charge < -0.3 is 19.3 Å². The highest BCUT2D eigenvalue weighted by atomic mass is 16.5. The van der Waals surface area contributed by atoms with Crippen LogP contribution in [0.2, 0.25) is 0 Å². The molecular weight excluding hydrogens is 308 g/mol. The fraction of sp³-hybridized carbons (Fsp3) is 0.889. The first-order chi connectivity index (χ1) is 11.7. The summed E-state index contributed by atoms with van der Waals surface area (Å²) in [5.74, 6) is 1.05. The van der Waals surface area contributed by atoms with Gasteiger partial charge in [0.1, 0.15) is 5.60 Å². The summed E-state index contributed by atoms with van der Waals surface area (Å²) in [5, 5.41) is 0. The third-order valence-corrected chi connectivity index (χ3v) is 6.08. The summed E-state index contributed by atoms with van der Waals surface area (Å²) in [6, 6.07) is 0. The molecule has 4 fully saturated rings. The van der Waals surface area contributed by atoms with Gasteiger partial charge in [-0.15, -0.1) is 0 Å². The molecule has 0 aromatic carbocycles. The van der Waals surface area contributed by atoms with Gasteiger partial charge in [0.2, 0.25) is 11.8 Å². The summed E-state index contributed by atoms with van der Waals surface area (Å²) >= 11 is 0. The topological polar surface area (TPSA) is 59.1 Å². The second-order valence-corrected chi connectivity index (χ2v) is 7.95. The molecule has 0 aromatic heterocycles. The van der Waals surface area contributed by atoms with Crippen molar-refractivity contribution in [1.82, 2.24) is 9.80 Å². The van der Waals surface area contributed by atoms with Gasteiger partial charge in [-0.1, -0.05) is 0 Å². The molecule has 4 saturated heterocycles. The summed E-state index contributed by atoms with van der Waals surface area (Å²) in [6.45, 7) is 5.23. The first-order valence-electron chi connectivity index (χ1n) is 9.43. The number of carbonyl (C=O) groups is 2. The van der Waals surface area contributed by atoms with Crippen LogP contribution in [0.15, 0.2) is 0 Å². The minimum atomic E-state index is -0.114. The van der Waals surface area contributed by atoms with Crippen LogP contribution in [0.3, 0.4) is 0 Å². The van der Waals surface area contributed by atoms with Crippen molar-refractivity contribution in [3.8, 4) is 0 Å². The van der Waals surface area contributed by atoms with Gasteiger partial charge in [-0.2, -0.15) is 0 Å². The molecule has 4 aliphatic rings. The maximum atomic E-state index is 12.4. The van der Waals surface area contributed by atoms with Crippen molar-refractivity contribution in [3.05, 3.63) is 0 Å². The molecule has 6 nitrogen and oxygen atoms in total. The van der Waals surface area contributed by atoms with Crippen LogP contribution in [-0.2, 0) is 19.1 Å². The van der Waals surface area contributed by atoms with E-state index in [9.17, 15) is 9.59 Å². The monoisotopic (exact) mass is 336 g/mol. The van der Waals surface area contributed by atoms with E-state index in [1.54, 1.807) is 0 Å². The number of amides is 2. The molecule has 2 amide bonds. The summed E-state index contributed by atoms with van der Waals surface area (Å²) < 4.78 is 11.5. The number of rotatable bonds is 3. The zero-order valence-electron chi connectivity index (χ0n) is 14.4. The largest absolute Gasteiger partial charge is 0.381 e. The van der Waals surface area contributed by atoms with E-state index in [1.807, 2.05) is 9.80 Å². The Balaban J connectivity index is 1.22. The van der Waals surface area contributed by atoms with Gasteiger partial charge >= 0.3 is 0 Å². The van der Waals surface area contributed by atoms with Crippen LogP contribution in [0.25, 0.3) is 0 Å².